The van der Waals surface area contributed by atoms with Crippen LogP contribution in [0.2, 0.25) is 0 Å². The van der Waals surface area contributed by atoms with Crippen molar-refractivity contribution >= 4 is 5.97 Å². The van der Waals surface area contributed by atoms with E-state index in [4.69, 9.17) is 4.74 Å². The van der Waals surface area contributed by atoms with Gasteiger partial charge >= 0.3 is 5.97 Å². The molecule has 1 saturated heterocycles. The molecule has 3 rings (SSSR count). The molecule has 0 saturated carbocycles. The number of aliphatic hydroxyl groups excluding tert-OH is 3. The minimum Gasteiger partial charge on any atom is -0.456 e. The molecule has 5 atom stereocenters. The lowest BCUT2D eigenvalue weighted by atomic mass is 9.95. The second-order valence-corrected chi connectivity index (χ2v) is 7.16. The molecule has 1 aliphatic rings. The van der Waals surface area contributed by atoms with Crippen LogP contribution in [0.15, 0.2) is 60.7 Å². The molecule has 0 amide bonds. The molecule has 1 heterocycles. The fourth-order valence-corrected chi connectivity index (χ4v) is 3.78. The van der Waals surface area contributed by atoms with Crippen molar-refractivity contribution in [1.82, 2.24) is 4.90 Å². The summed E-state index contributed by atoms with van der Waals surface area (Å²) in [6, 6.07) is 18.7. The summed E-state index contributed by atoms with van der Waals surface area (Å²) in [5, 5.41) is 30.2. The Morgan fingerprint density at radius 2 is 1.68 bits per heavy atom. The molecule has 6 heteroatoms. The first-order valence-corrected chi connectivity index (χ1v) is 9.55. The van der Waals surface area contributed by atoms with Gasteiger partial charge in [-0.15, -0.1) is 0 Å². The zero-order valence-electron chi connectivity index (χ0n) is 15.9. The summed E-state index contributed by atoms with van der Waals surface area (Å²) in [6.07, 6.45) is -3.27. The van der Waals surface area contributed by atoms with Gasteiger partial charge in [0.05, 0.1) is 12.1 Å². The third-order valence-electron chi connectivity index (χ3n) is 5.33. The fourth-order valence-electron chi connectivity index (χ4n) is 3.78. The molecule has 150 valence electrons. The van der Waals surface area contributed by atoms with Gasteiger partial charge in [0.25, 0.3) is 0 Å². The van der Waals surface area contributed by atoms with Crippen LogP contribution >= 0.6 is 0 Å². The van der Waals surface area contributed by atoms with Crippen LogP contribution in [0.4, 0.5) is 0 Å². The van der Waals surface area contributed by atoms with Gasteiger partial charge in [-0.2, -0.15) is 0 Å². The molecule has 0 aliphatic carbocycles. The maximum Gasteiger partial charge on any atom is 0.337 e. The molecular formula is C22H27NO5. The quantitative estimate of drug-likeness (QED) is 0.599. The highest BCUT2D eigenvalue weighted by atomic mass is 16.6. The number of aliphatic hydroxyl groups is 3. The van der Waals surface area contributed by atoms with E-state index in [-0.39, 0.29) is 19.1 Å². The zero-order chi connectivity index (χ0) is 20.1. The topological polar surface area (TPSA) is 90.2 Å². The van der Waals surface area contributed by atoms with E-state index >= 15 is 0 Å². The smallest absolute Gasteiger partial charge is 0.337 e. The van der Waals surface area contributed by atoms with Gasteiger partial charge in [0.1, 0.15) is 6.10 Å². The molecule has 0 spiro atoms. The number of rotatable bonds is 8. The number of benzene rings is 2. The number of hydrogen-bond donors (Lipinski definition) is 3. The maximum atomic E-state index is 12.1. The minimum atomic E-state index is -1.37. The van der Waals surface area contributed by atoms with Gasteiger partial charge in [0.2, 0.25) is 0 Å². The van der Waals surface area contributed by atoms with E-state index in [0.717, 1.165) is 11.1 Å². The summed E-state index contributed by atoms with van der Waals surface area (Å²) in [4.78, 5) is 14.1. The average molecular weight is 385 g/mol. The van der Waals surface area contributed by atoms with Gasteiger partial charge in [0, 0.05) is 25.6 Å². The van der Waals surface area contributed by atoms with Crippen molar-refractivity contribution in [3.8, 4) is 0 Å². The van der Waals surface area contributed by atoms with Gasteiger partial charge in [-0.05, 0) is 18.1 Å². The van der Waals surface area contributed by atoms with E-state index in [9.17, 15) is 20.1 Å². The Hall–Kier alpha value is -2.25. The SMILES string of the molecule is C[C@H](c1ccccc1)N(Cc1ccccc1)[C@@H]1[C@@H]([C@@H](O)CCO)OC(=O)[C@H]1O. The first-order valence-electron chi connectivity index (χ1n) is 9.55. The van der Waals surface area contributed by atoms with Gasteiger partial charge in [-0.1, -0.05) is 60.7 Å². The van der Waals surface area contributed by atoms with Crippen LogP contribution in [0, 0.1) is 0 Å². The van der Waals surface area contributed by atoms with Gasteiger partial charge in [-0.25, -0.2) is 4.79 Å². The Morgan fingerprint density at radius 1 is 1.07 bits per heavy atom. The van der Waals surface area contributed by atoms with Crippen LogP contribution in [-0.2, 0) is 16.1 Å². The monoisotopic (exact) mass is 385 g/mol. The van der Waals surface area contributed by atoms with Crippen molar-refractivity contribution in [1.29, 1.82) is 0 Å². The standard InChI is InChI=1S/C22H27NO5/c1-15(17-10-6-3-7-11-17)23(14-16-8-4-2-5-9-16)19-20(26)22(27)28-21(19)18(25)12-13-24/h2-11,15,18-21,24-26H,12-14H2,1H3/t15-,18+,19+,20+,21-/m1/s1. The maximum absolute atomic E-state index is 12.1. The van der Waals surface area contributed by atoms with E-state index < -0.39 is 30.3 Å². The van der Waals surface area contributed by atoms with Crippen LogP contribution in [0.1, 0.15) is 30.5 Å². The Morgan fingerprint density at radius 3 is 2.29 bits per heavy atom. The van der Waals surface area contributed by atoms with E-state index in [1.54, 1.807) is 0 Å². The minimum absolute atomic E-state index is 0.0695. The predicted molar refractivity (Wildman–Crippen MR) is 104 cm³/mol. The van der Waals surface area contributed by atoms with E-state index in [1.807, 2.05) is 72.5 Å². The molecule has 0 radical (unpaired) electrons. The van der Waals surface area contributed by atoms with Crippen molar-refractivity contribution in [2.24, 2.45) is 0 Å². The summed E-state index contributed by atoms with van der Waals surface area (Å²) in [5.74, 6) is -0.745. The first kappa shape index (κ1) is 20.5. The molecule has 2 aromatic rings. The third kappa shape index (κ3) is 4.42. The molecule has 6 nitrogen and oxygen atoms in total. The number of cyclic esters (lactones) is 1. The van der Waals surface area contributed by atoms with Crippen LogP contribution in [0.25, 0.3) is 0 Å². The van der Waals surface area contributed by atoms with Gasteiger partial charge < -0.3 is 20.1 Å². The van der Waals surface area contributed by atoms with E-state index in [1.165, 1.54) is 0 Å². The normalized spacial score (nSPS) is 24.2. The van der Waals surface area contributed by atoms with Crippen molar-refractivity contribution in [2.75, 3.05) is 6.61 Å². The summed E-state index contributed by atoms with van der Waals surface area (Å²) in [7, 11) is 0. The molecule has 3 N–H and O–H groups in total. The molecule has 0 bridgehead atoms. The highest BCUT2D eigenvalue weighted by molar-refractivity contribution is 5.78. The van der Waals surface area contributed by atoms with Crippen LogP contribution in [0.3, 0.4) is 0 Å². The molecule has 0 unspecified atom stereocenters. The van der Waals surface area contributed by atoms with Crippen LogP contribution in [-0.4, -0.2) is 57.1 Å². The lowest BCUT2D eigenvalue weighted by Crippen LogP contribution is -2.51. The number of hydrogen-bond acceptors (Lipinski definition) is 6. The largest absolute Gasteiger partial charge is 0.456 e. The lowest BCUT2D eigenvalue weighted by molar-refractivity contribution is -0.150. The summed E-state index contributed by atoms with van der Waals surface area (Å²) in [5.41, 5.74) is 2.05. The van der Waals surface area contributed by atoms with Crippen molar-refractivity contribution in [3.05, 3.63) is 71.8 Å². The first-order chi connectivity index (χ1) is 13.5. The molecule has 0 aromatic heterocycles. The number of nitrogens with zero attached hydrogens (tertiary/aromatic N) is 1. The van der Waals surface area contributed by atoms with E-state index in [0.29, 0.717) is 6.54 Å². The number of ether oxygens (including phenoxy) is 1. The molecular weight excluding hydrogens is 358 g/mol. The Kier molecular flexibility index (Phi) is 6.80. The van der Waals surface area contributed by atoms with Crippen molar-refractivity contribution in [3.63, 3.8) is 0 Å². The molecule has 1 aliphatic heterocycles. The Balaban J connectivity index is 1.97. The van der Waals surface area contributed by atoms with Gasteiger partial charge in [-0.3, -0.25) is 4.90 Å². The summed E-state index contributed by atoms with van der Waals surface area (Å²) in [6.45, 7) is 2.24. The van der Waals surface area contributed by atoms with Crippen molar-refractivity contribution < 1.29 is 24.9 Å². The van der Waals surface area contributed by atoms with Crippen LogP contribution < -0.4 is 0 Å². The number of esters is 1. The van der Waals surface area contributed by atoms with Crippen LogP contribution in [0.5, 0.6) is 0 Å². The Labute approximate surface area is 165 Å². The summed E-state index contributed by atoms with van der Waals surface area (Å²) >= 11 is 0. The number of carbonyl (C=O) groups is 1. The average Bonchev–Trinajstić information content (AvgIpc) is 3.02. The highest BCUT2D eigenvalue weighted by Gasteiger charge is 2.50. The van der Waals surface area contributed by atoms with Gasteiger partial charge in [0.15, 0.2) is 6.10 Å². The second kappa shape index (κ2) is 9.30. The molecule has 28 heavy (non-hydrogen) atoms. The highest BCUT2D eigenvalue weighted by Crippen LogP contribution is 2.33. The second-order valence-electron chi connectivity index (χ2n) is 7.16. The Bertz CT molecular complexity index is 754. The number of carbonyl (C=O) groups excluding carboxylic acids is 1. The molecule has 2 aromatic carbocycles. The molecule has 1 fully saturated rings. The predicted octanol–water partition coefficient (Wildman–Crippen LogP) is 1.65. The van der Waals surface area contributed by atoms with E-state index in [2.05, 4.69) is 0 Å². The third-order valence-corrected chi connectivity index (χ3v) is 5.33. The zero-order valence-corrected chi connectivity index (χ0v) is 15.9. The summed E-state index contributed by atoms with van der Waals surface area (Å²) < 4.78 is 5.31. The fraction of sp³-hybridized carbons (Fsp3) is 0.409. The lowest BCUT2D eigenvalue weighted by Gasteiger charge is -2.38. The van der Waals surface area contributed by atoms with Crippen molar-refractivity contribution in [2.45, 2.75) is 50.3 Å².